The van der Waals surface area contributed by atoms with Crippen LogP contribution in [0, 0.1) is 0 Å². The van der Waals surface area contributed by atoms with Gasteiger partial charge in [-0.25, -0.2) is 0 Å². The molecule has 0 fully saturated rings. The molecule has 0 radical (unpaired) electrons. The Hall–Kier alpha value is -1.56. The maximum atomic E-state index is 2.37. The van der Waals surface area contributed by atoms with Gasteiger partial charge in [-0.1, -0.05) is 89.6 Å². The second-order valence-corrected chi connectivity index (χ2v) is 8.05. The second-order valence-electron chi connectivity index (χ2n) is 8.05. The monoisotopic (exact) mass is 336 g/mol. The van der Waals surface area contributed by atoms with Crippen LogP contribution in [0.5, 0.6) is 0 Å². The van der Waals surface area contributed by atoms with E-state index in [1.165, 1.54) is 54.4 Å². The number of benzene rings is 2. The van der Waals surface area contributed by atoms with Crippen LogP contribution in [-0.2, 0) is 6.42 Å². The maximum absolute atomic E-state index is 2.37. The van der Waals surface area contributed by atoms with Crippen molar-refractivity contribution in [3.05, 3.63) is 70.8 Å². The van der Waals surface area contributed by atoms with Gasteiger partial charge in [0.15, 0.2) is 0 Å². The van der Waals surface area contributed by atoms with E-state index in [-0.39, 0.29) is 0 Å². The number of aryl methyl sites for hydroxylation is 1. The summed E-state index contributed by atoms with van der Waals surface area (Å²) in [6, 6.07) is 18.6. The molecule has 0 nitrogen and oxygen atoms in total. The van der Waals surface area contributed by atoms with Crippen molar-refractivity contribution in [3.63, 3.8) is 0 Å². The van der Waals surface area contributed by atoms with Crippen molar-refractivity contribution in [1.82, 2.24) is 0 Å². The van der Waals surface area contributed by atoms with Crippen LogP contribution in [0.2, 0.25) is 0 Å². The molecule has 0 bridgehead atoms. The van der Waals surface area contributed by atoms with Gasteiger partial charge in [-0.2, -0.15) is 0 Å². The fourth-order valence-corrected chi connectivity index (χ4v) is 3.44. The lowest BCUT2D eigenvalue weighted by atomic mass is 9.88. The highest BCUT2D eigenvalue weighted by molar-refractivity contribution is 5.27. The molecule has 136 valence electrons. The van der Waals surface area contributed by atoms with Crippen LogP contribution in [0.3, 0.4) is 0 Å². The highest BCUT2D eigenvalue weighted by atomic mass is 14.2. The molecule has 0 amide bonds. The van der Waals surface area contributed by atoms with Crippen LogP contribution in [0.1, 0.15) is 100 Å². The first-order chi connectivity index (χ1) is 12.0. The van der Waals surface area contributed by atoms with Gasteiger partial charge in [0.1, 0.15) is 0 Å². The number of unbranched alkanes of at least 4 members (excludes halogenated alkanes) is 1. The molecule has 0 aliphatic carbocycles. The molecule has 0 heteroatoms. The molecule has 2 aromatic carbocycles. The smallest absolute Gasteiger partial charge is 0.0190 e. The third kappa shape index (κ3) is 6.03. The van der Waals surface area contributed by atoms with Crippen molar-refractivity contribution in [2.75, 3.05) is 0 Å². The molecule has 0 aliphatic rings. The molecule has 2 aromatic rings. The maximum Gasteiger partial charge on any atom is -0.0190 e. The fourth-order valence-electron chi connectivity index (χ4n) is 3.44. The first kappa shape index (κ1) is 19.8. The molecular formula is C25H36. The quantitative estimate of drug-likeness (QED) is 0.437. The van der Waals surface area contributed by atoms with Crippen LogP contribution in [0.4, 0.5) is 0 Å². The van der Waals surface area contributed by atoms with E-state index in [1.807, 2.05) is 0 Å². The number of hydrogen-bond acceptors (Lipinski definition) is 0. The van der Waals surface area contributed by atoms with Gasteiger partial charge in [-0.3, -0.25) is 0 Å². The summed E-state index contributed by atoms with van der Waals surface area (Å²) in [4.78, 5) is 0. The van der Waals surface area contributed by atoms with E-state index in [2.05, 4.69) is 83.1 Å². The van der Waals surface area contributed by atoms with Gasteiger partial charge in [0.25, 0.3) is 0 Å². The lowest BCUT2D eigenvalue weighted by Gasteiger charge is -2.17. The first-order valence-electron chi connectivity index (χ1n) is 10.2. The highest BCUT2D eigenvalue weighted by Gasteiger charge is 2.11. The summed E-state index contributed by atoms with van der Waals surface area (Å²) in [6.45, 7) is 11.5. The van der Waals surface area contributed by atoms with Crippen molar-refractivity contribution in [3.8, 4) is 0 Å². The molecule has 0 spiro atoms. The molecule has 0 aromatic heterocycles. The summed E-state index contributed by atoms with van der Waals surface area (Å²) in [7, 11) is 0. The summed E-state index contributed by atoms with van der Waals surface area (Å²) in [6.07, 6.45) is 6.28. The van der Waals surface area contributed by atoms with Gasteiger partial charge < -0.3 is 0 Å². The van der Waals surface area contributed by atoms with E-state index in [9.17, 15) is 0 Å². The van der Waals surface area contributed by atoms with Gasteiger partial charge in [-0.15, -0.1) is 0 Å². The minimum Gasteiger partial charge on any atom is -0.0654 e. The fraction of sp³-hybridized carbons (Fsp3) is 0.520. The van der Waals surface area contributed by atoms with Crippen molar-refractivity contribution >= 4 is 0 Å². The van der Waals surface area contributed by atoms with Crippen LogP contribution in [-0.4, -0.2) is 0 Å². The summed E-state index contributed by atoms with van der Waals surface area (Å²) in [5.74, 6) is 1.88. The van der Waals surface area contributed by atoms with Gasteiger partial charge in [-0.05, 0) is 65.7 Å². The minimum atomic E-state index is 0.615. The lowest BCUT2D eigenvalue weighted by molar-refractivity contribution is 0.573. The van der Waals surface area contributed by atoms with Gasteiger partial charge in [0.2, 0.25) is 0 Å². The summed E-state index contributed by atoms with van der Waals surface area (Å²) >= 11 is 0. The first-order valence-corrected chi connectivity index (χ1v) is 10.2. The Bertz CT molecular complexity index is 603. The average molecular weight is 337 g/mol. The Balaban J connectivity index is 1.86. The zero-order valence-electron chi connectivity index (χ0n) is 16.9. The van der Waals surface area contributed by atoms with E-state index in [1.54, 1.807) is 0 Å². The summed E-state index contributed by atoms with van der Waals surface area (Å²) in [5, 5.41) is 0. The molecule has 2 rings (SSSR count). The molecule has 0 heterocycles. The average Bonchev–Trinajstić information content (AvgIpc) is 2.64. The van der Waals surface area contributed by atoms with Crippen LogP contribution in [0.25, 0.3) is 0 Å². The van der Waals surface area contributed by atoms with Gasteiger partial charge >= 0.3 is 0 Å². The van der Waals surface area contributed by atoms with E-state index in [0.29, 0.717) is 17.8 Å². The normalized spacial score (nSPS) is 13.8. The van der Waals surface area contributed by atoms with E-state index in [4.69, 9.17) is 0 Å². The Labute approximate surface area is 155 Å². The zero-order valence-corrected chi connectivity index (χ0v) is 16.9. The predicted molar refractivity (Wildman–Crippen MR) is 112 cm³/mol. The Morgan fingerprint density at radius 2 is 1.08 bits per heavy atom. The summed E-state index contributed by atoms with van der Waals surface area (Å²) in [5.41, 5.74) is 5.89. The molecule has 25 heavy (non-hydrogen) atoms. The van der Waals surface area contributed by atoms with Crippen LogP contribution in [0.15, 0.2) is 48.5 Å². The standard InChI is InChI=1S/C25H36/c1-6-7-8-22-11-13-24(14-12-22)20(4)9-10-21(5)25-17-15-23(16-18-25)19(2)3/h11-21H,6-10H2,1-5H3. The zero-order chi connectivity index (χ0) is 18.2. The Morgan fingerprint density at radius 1 is 0.640 bits per heavy atom. The minimum absolute atomic E-state index is 0.615. The van der Waals surface area contributed by atoms with E-state index < -0.39 is 0 Å². The number of rotatable bonds is 9. The van der Waals surface area contributed by atoms with Gasteiger partial charge in [0.05, 0.1) is 0 Å². The van der Waals surface area contributed by atoms with Crippen molar-refractivity contribution in [2.24, 2.45) is 0 Å². The lowest BCUT2D eigenvalue weighted by Crippen LogP contribution is -2.00. The third-order valence-electron chi connectivity index (χ3n) is 5.57. The largest absolute Gasteiger partial charge is 0.0654 e. The molecule has 2 unspecified atom stereocenters. The van der Waals surface area contributed by atoms with Crippen molar-refractivity contribution < 1.29 is 0 Å². The Kier molecular flexibility index (Phi) is 7.75. The highest BCUT2D eigenvalue weighted by Crippen LogP contribution is 2.28. The number of hydrogen-bond donors (Lipinski definition) is 0. The third-order valence-corrected chi connectivity index (χ3v) is 5.57. The van der Waals surface area contributed by atoms with Crippen molar-refractivity contribution in [2.45, 2.75) is 84.5 Å². The summed E-state index contributed by atoms with van der Waals surface area (Å²) < 4.78 is 0. The van der Waals surface area contributed by atoms with E-state index in [0.717, 1.165) is 0 Å². The molecule has 0 N–H and O–H groups in total. The van der Waals surface area contributed by atoms with Gasteiger partial charge in [0, 0.05) is 0 Å². The predicted octanol–water partition coefficient (Wildman–Crippen LogP) is 7.84. The van der Waals surface area contributed by atoms with Crippen molar-refractivity contribution in [1.29, 1.82) is 0 Å². The second kappa shape index (κ2) is 9.80. The molecule has 0 saturated carbocycles. The Morgan fingerprint density at radius 3 is 1.52 bits per heavy atom. The molecule has 0 aliphatic heterocycles. The van der Waals surface area contributed by atoms with E-state index >= 15 is 0 Å². The molecular weight excluding hydrogens is 300 g/mol. The molecule has 0 saturated heterocycles. The SMILES string of the molecule is CCCCc1ccc(C(C)CCC(C)c2ccc(C(C)C)cc2)cc1. The van der Waals surface area contributed by atoms with Crippen LogP contribution >= 0.6 is 0 Å². The van der Waals surface area contributed by atoms with Crippen LogP contribution < -0.4 is 0 Å². The topological polar surface area (TPSA) is 0 Å². The molecule has 2 atom stereocenters.